The van der Waals surface area contributed by atoms with Crippen molar-refractivity contribution < 1.29 is 28.3 Å². The first kappa shape index (κ1) is 30.2. The molecule has 1 heterocycles. The number of ketones is 1. The molecule has 1 saturated heterocycles. The van der Waals surface area contributed by atoms with Gasteiger partial charge >= 0.3 is 0 Å². The number of carbonyl (C=O) groups excluding carboxylic acids is 4. The molecule has 0 saturated carbocycles. The molecule has 1 aliphatic rings. The summed E-state index contributed by atoms with van der Waals surface area (Å²) in [5.41, 5.74) is 10.9. The van der Waals surface area contributed by atoms with E-state index in [2.05, 4.69) is 31.6 Å². The fourth-order valence-corrected chi connectivity index (χ4v) is 4.05. The number of nitrogens with one attached hydrogen (secondary N) is 2. The maximum Gasteiger partial charge on any atom is 0.251 e. The summed E-state index contributed by atoms with van der Waals surface area (Å²) >= 11 is 3.32. The average Bonchev–Trinajstić information content (AvgIpc) is 2.87. The number of aliphatic imine (C=N–C) groups is 1. The summed E-state index contributed by atoms with van der Waals surface area (Å²) in [5, 5.41) is 5.31. The number of nitrogens with two attached hydrogens (primary N) is 2. The van der Waals surface area contributed by atoms with Gasteiger partial charge < -0.3 is 31.7 Å². The Bertz CT molecular complexity index is 986. The van der Waals surface area contributed by atoms with Gasteiger partial charge in [-0.3, -0.25) is 24.2 Å². The third kappa shape index (κ3) is 9.08. The Morgan fingerprint density at radius 2 is 1.86 bits per heavy atom. The molecule has 1 fully saturated rings. The number of ether oxygens (including phenoxy) is 1. The lowest BCUT2D eigenvalue weighted by Crippen LogP contribution is -2.62. The van der Waals surface area contributed by atoms with Gasteiger partial charge in [0, 0.05) is 23.1 Å². The van der Waals surface area contributed by atoms with Gasteiger partial charge in [-0.1, -0.05) is 29.8 Å². The second kappa shape index (κ2) is 14.6. The van der Waals surface area contributed by atoms with Crippen molar-refractivity contribution in [3.8, 4) is 0 Å². The van der Waals surface area contributed by atoms with E-state index in [0.717, 1.165) is 4.47 Å². The molecule has 37 heavy (non-hydrogen) atoms. The predicted molar refractivity (Wildman–Crippen MR) is 139 cm³/mol. The molecule has 6 N–H and O–H groups in total. The highest BCUT2D eigenvalue weighted by molar-refractivity contribution is 9.10. The monoisotopic (exact) mass is 584 g/mol. The van der Waals surface area contributed by atoms with Crippen LogP contribution in [0.25, 0.3) is 0 Å². The first-order chi connectivity index (χ1) is 17.5. The Kier molecular flexibility index (Phi) is 11.9. The van der Waals surface area contributed by atoms with Crippen molar-refractivity contribution >= 4 is 45.4 Å². The summed E-state index contributed by atoms with van der Waals surface area (Å²) in [6.45, 7) is 2.73. The summed E-state index contributed by atoms with van der Waals surface area (Å²) in [7, 11) is 0. The van der Waals surface area contributed by atoms with Crippen molar-refractivity contribution in [3.05, 3.63) is 34.3 Å². The normalized spacial score (nSPS) is 17.0. The highest BCUT2D eigenvalue weighted by Crippen LogP contribution is 2.16. The lowest BCUT2D eigenvalue weighted by Gasteiger charge is -2.38. The van der Waals surface area contributed by atoms with E-state index >= 15 is 0 Å². The largest absolute Gasteiger partial charge is 0.377 e. The summed E-state index contributed by atoms with van der Waals surface area (Å²) in [4.78, 5) is 56.7. The van der Waals surface area contributed by atoms with Gasteiger partial charge in [0.05, 0.1) is 19.3 Å². The van der Waals surface area contributed by atoms with E-state index in [9.17, 15) is 23.6 Å². The molecule has 3 amide bonds. The number of rotatable bonds is 12. The molecule has 3 atom stereocenters. The zero-order chi connectivity index (χ0) is 27.5. The minimum absolute atomic E-state index is 0.104. The Morgan fingerprint density at radius 1 is 1.19 bits per heavy atom. The van der Waals surface area contributed by atoms with E-state index in [1.807, 2.05) is 0 Å². The average molecular weight is 585 g/mol. The molecule has 1 aromatic carbocycles. The zero-order valence-electron chi connectivity index (χ0n) is 20.9. The fraction of sp³-hybridized carbons (Fsp3) is 0.542. The quantitative estimate of drug-likeness (QED) is 0.157. The minimum Gasteiger partial charge on any atom is -0.377 e. The lowest BCUT2D eigenvalue weighted by atomic mass is 10.00. The number of hydrogen-bond acceptors (Lipinski definition) is 6. The maximum atomic E-state index is 13.5. The first-order valence-electron chi connectivity index (χ1n) is 11.9. The Labute approximate surface area is 223 Å². The topological polar surface area (TPSA) is 169 Å². The molecule has 2 unspecified atom stereocenters. The van der Waals surface area contributed by atoms with Crippen molar-refractivity contribution in [2.75, 3.05) is 33.0 Å². The van der Waals surface area contributed by atoms with Crippen LogP contribution in [0.1, 0.15) is 37.0 Å². The number of alkyl halides is 1. The van der Waals surface area contributed by atoms with E-state index in [0.29, 0.717) is 12.0 Å². The molecule has 0 radical (unpaired) electrons. The fourth-order valence-electron chi connectivity index (χ4n) is 3.78. The predicted octanol–water partition coefficient (Wildman–Crippen LogP) is 0.508. The molecule has 0 aromatic heterocycles. The number of amides is 3. The molecule has 0 aliphatic carbocycles. The number of morpholine rings is 1. The van der Waals surface area contributed by atoms with Gasteiger partial charge in [-0.05, 0) is 43.0 Å². The number of carbonyl (C=O) groups is 4. The van der Waals surface area contributed by atoms with Crippen molar-refractivity contribution in [1.82, 2.24) is 15.5 Å². The second-order valence-electron chi connectivity index (χ2n) is 8.93. The zero-order valence-corrected chi connectivity index (χ0v) is 22.5. The third-order valence-electron chi connectivity index (χ3n) is 5.82. The molecule has 0 spiro atoms. The molecule has 204 valence electrons. The third-order valence-corrected chi connectivity index (χ3v) is 6.35. The highest BCUT2D eigenvalue weighted by atomic mass is 79.9. The molecule has 1 aromatic rings. The van der Waals surface area contributed by atoms with Crippen molar-refractivity contribution in [1.29, 1.82) is 0 Å². The van der Waals surface area contributed by atoms with Crippen LogP contribution in [-0.4, -0.2) is 85.5 Å². The molecule has 0 bridgehead atoms. The standard InChI is InChI=1S/C24H34BrFN6O5/c1-14(2)20(31-21(34)15-5-7-16(25)8-6-15)23(36)32-10-11-37-13-18(32)22(35)30-17(19(33)12-26)4-3-9-29-24(27)28/h5-8,14,17-18,20H,3-4,9-13H2,1-2H3,(H,30,35)(H,31,34)(H4,27,28,29)/t17?,18-,20?/m0/s1. The number of hydrogen-bond donors (Lipinski definition) is 4. The lowest BCUT2D eigenvalue weighted by molar-refractivity contribution is -0.151. The smallest absolute Gasteiger partial charge is 0.251 e. The van der Waals surface area contributed by atoms with Gasteiger partial charge in [-0.2, -0.15) is 0 Å². The molecule has 13 heteroatoms. The van der Waals surface area contributed by atoms with Crippen LogP contribution in [0, 0.1) is 5.92 Å². The molecule has 11 nitrogen and oxygen atoms in total. The van der Waals surface area contributed by atoms with Gasteiger partial charge in [-0.15, -0.1) is 0 Å². The Balaban J connectivity index is 2.14. The van der Waals surface area contributed by atoms with Gasteiger partial charge in [0.2, 0.25) is 11.8 Å². The Hall–Kier alpha value is -3.06. The number of benzene rings is 1. The van der Waals surface area contributed by atoms with Crippen LogP contribution >= 0.6 is 15.9 Å². The van der Waals surface area contributed by atoms with Crippen LogP contribution in [0.4, 0.5) is 4.39 Å². The second-order valence-corrected chi connectivity index (χ2v) is 9.85. The van der Waals surface area contributed by atoms with E-state index < -0.39 is 48.3 Å². The van der Waals surface area contributed by atoms with Crippen molar-refractivity contribution in [2.24, 2.45) is 22.4 Å². The molecule has 2 rings (SSSR count). The summed E-state index contributed by atoms with van der Waals surface area (Å²) in [5.74, 6) is -2.72. The summed E-state index contributed by atoms with van der Waals surface area (Å²) in [6.07, 6.45) is 0.445. The van der Waals surface area contributed by atoms with Gasteiger partial charge in [0.1, 0.15) is 18.8 Å². The van der Waals surface area contributed by atoms with E-state index in [4.69, 9.17) is 16.2 Å². The molecular weight excluding hydrogens is 551 g/mol. The SMILES string of the molecule is CC(C)C(NC(=O)c1ccc(Br)cc1)C(=O)N1CCOC[C@H]1C(=O)NC(CCCN=C(N)N)C(=O)CF. The van der Waals surface area contributed by atoms with Crippen LogP contribution in [0.5, 0.6) is 0 Å². The van der Waals surface area contributed by atoms with Crippen LogP contribution in [0.2, 0.25) is 0 Å². The first-order valence-corrected chi connectivity index (χ1v) is 12.7. The van der Waals surface area contributed by atoms with E-state index in [-0.39, 0.29) is 44.6 Å². The number of guanidine groups is 1. The van der Waals surface area contributed by atoms with Crippen molar-refractivity contribution in [2.45, 2.75) is 44.8 Å². The van der Waals surface area contributed by atoms with Gasteiger partial charge in [0.15, 0.2) is 11.7 Å². The van der Waals surface area contributed by atoms with Crippen LogP contribution in [0.15, 0.2) is 33.7 Å². The number of Topliss-reactive ketones (excluding diaryl/α,β-unsaturated/α-hetero) is 1. The van der Waals surface area contributed by atoms with Gasteiger partial charge in [-0.25, -0.2) is 4.39 Å². The van der Waals surface area contributed by atoms with Gasteiger partial charge in [0.25, 0.3) is 5.91 Å². The molecular formula is C24H34BrFN6O5. The summed E-state index contributed by atoms with van der Waals surface area (Å²) in [6, 6.07) is 3.62. The highest BCUT2D eigenvalue weighted by Gasteiger charge is 2.38. The van der Waals surface area contributed by atoms with Crippen molar-refractivity contribution in [3.63, 3.8) is 0 Å². The number of halogens is 2. The minimum atomic E-state index is -1.26. The van der Waals surface area contributed by atoms with Crippen LogP contribution in [-0.2, 0) is 19.1 Å². The summed E-state index contributed by atoms with van der Waals surface area (Å²) < 4.78 is 19.4. The van der Waals surface area contributed by atoms with E-state index in [1.54, 1.807) is 38.1 Å². The molecule has 1 aliphatic heterocycles. The number of nitrogens with zero attached hydrogens (tertiary/aromatic N) is 2. The van der Waals surface area contributed by atoms with Crippen LogP contribution < -0.4 is 22.1 Å². The maximum absolute atomic E-state index is 13.5. The van der Waals surface area contributed by atoms with E-state index in [1.165, 1.54) is 4.90 Å². The van der Waals surface area contributed by atoms with Crippen LogP contribution in [0.3, 0.4) is 0 Å². The Morgan fingerprint density at radius 3 is 2.46 bits per heavy atom.